The lowest BCUT2D eigenvalue weighted by molar-refractivity contribution is -0.898. The molecule has 18 heteroatoms. The Morgan fingerprint density at radius 3 is 2.53 bits per heavy atom. The van der Waals surface area contributed by atoms with Gasteiger partial charge in [0, 0.05) is 24.2 Å². The minimum absolute atomic E-state index is 0. The highest BCUT2D eigenvalue weighted by Crippen LogP contribution is 2.33. The van der Waals surface area contributed by atoms with Gasteiger partial charge in [0.05, 0.1) is 42.4 Å². The van der Waals surface area contributed by atoms with Gasteiger partial charge in [0.1, 0.15) is 24.5 Å². The Kier molecular flexibility index (Phi) is 10.3. The average molecular weight is 705 g/mol. The molecular formula is C25H23BrCl2F3N9O3. The maximum Gasteiger partial charge on any atom is 0.475 e. The molecular weight excluding hydrogens is 682 g/mol. The molecule has 1 amide bonds. The quantitative estimate of drug-likeness (QED) is 0.117. The van der Waals surface area contributed by atoms with E-state index < -0.39 is 28.6 Å². The van der Waals surface area contributed by atoms with Crippen LogP contribution in [0.4, 0.5) is 36.3 Å². The number of hydrogen-bond donors (Lipinski definition) is 2. The summed E-state index contributed by atoms with van der Waals surface area (Å²) in [6.45, 7) is 0.0104. The molecule has 43 heavy (non-hydrogen) atoms. The number of hydrogen-bond acceptors (Lipinski definition) is 8. The molecule has 0 saturated heterocycles. The third-order valence-corrected chi connectivity index (χ3v) is 6.76. The molecule has 228 valence electrons. The Morgan fingerprint density at radius 2 is 1.88 bits per heavy atom. The van der Waals surface area contributed by atoms with E-state index in [1.54, 1.807) is 38.4 Å². The number of aromatic nitrogens is 5. The lowest BCUT2D eigenvalue weighted by Gasteiger charge is -2.28. The summed E-state index contributed by atoms with van der Waals surface area (Å²) in [5, 5.41) is 18.4. The summed E-state index contributed by atoms with van der Waals surface area (Å²) < 4.78 is 40.4. The number of nitro groups is 1. The second-order valence-corrected chi connectivity index (χ2v) is 10.6. The monoisotopic (exact) mass is 703 g/mol. The summed E-state index contributed by atoms with van der Waals surface area (Å²) >= 11 is 12.1. The maximum absolute atomic E-state index is 13.3. The van der Waals surface area contributed by atoms with Crippen LogP contribution in [-0.4, -0.2) is 60.5 Å². The van der Waals surface area contributed by atoms with Gasteiger partial charge in [-0.2, -0.15) is 13.2 Å². The molecule has 1 aromatic carbocycles. The van der Waals surface area contributed by atoms with E-state index in [0.717, 1.165) is 7.05 Å². The minimum Gasteiger partial charge on any atom is -1.00 e. The Labute approximate surface area is 263 Å². The molecule has 0 radical (unpaired) electrons. The van der Waals surface area contributed by atoms with E-state index in [0.29, 0.717) is 37.0 Å². The van der Waals surface area contributed by atoms with Gasteiger partial charge in [-0.15, -0.1) is 0 Å². The number of nitrogens with zero attached hydrogens (tertiary/aromatic N) is 7. The van der Waals surface area contributed by atoms with Crippen LogP contribution in [0, 0.1) is 10.1 Å². The SMILES string of the molecule is Cn1c(C(F)(F)F)nc([N+](=O)[O-])c1C[N+](C)(C)C/C=C/C(=O)Nc1cc2c(Nc3ccc(Cl)c(Cl)c3)ncnc2cn1.[Br-]. The maximum atomic E-state index is 13.3. The molecule has 0 fully saturated rings. The molecule has 0 aliphatic heterocycles. The molecule has 2 N–H and O–H groups in total. The second kappa shape index (κ2) is 13.2. The zero-order chi connectivity index (χ0) is 30.8. The molecule has 4 aromatic rings. The summed E-state index contributed by atoms with van der Waals surface area (Å²) in [5.74, 6) is -2.10. The van der Waals surface area contributed by atoms with Crippen molar-refractivity contribution in [2.24, 2.45) is 7.05 Å². The van der Waals surface area contributed by atoms with Crippen molar-refractivity contribution in [3.05, 3.63) is 80.6 Å². The summed E-state index contributed by atoms with van der Waals surface area (Å²) in [7, 11) is 4.38. The van der Waals surface area contributed by atoms with E-state index in [1.165, 1.54) is 24.7 Å². The van der Waals surface area contributed by atoms with Crippen LogP contribution < -0.4 is 27.6 Å². The van der Waals surface area contributed by atoms with Gasteiger partial charge in [-0.05, 0) is 40.2 Å². The first kappa shape index (κ1) is 33.6. The van der Waals surface area contributed by atoms with E-state index >= 15 is 0 Å². The third-order valence-electron chi connectivity index (χ3n) is 6.02. The van der Waals surface area contributed by atoms with Crippen LogP contribution in [0.5, 0.6) is 0 Å². The van der Waals surface area contributed by atoms with E-state index in [2.05, 4.69) is 30.6 Å². The molecule has 12 nitrogen and oxygen atoms in total. The topological polar surface area (TPSA) is 141 Å². The fourth-order valence-electron chi connectivity index (χ4n) is 4.01. The van der Waals surface area contributed by atoms with Gasteiger partial charge in [-0.1, -0.05) is 23.2 Å². The zero-order valence-corrected chi connectivity index (χ0v) is 25.8. The highest BCUT2D eigenvalue weighted by Gasteiger charge is 2.45. The third kappa shape index (κ3) is 8.16. The van der Waals surface area contributed by atoms with E-state index in [-0.39, 0.29) is 46.1 Å². The average Bonchev–Trinajstić information content (AvgIpc) is 3.22. The molecule has 0 unspecified atom stereocenters. The molecule has 0 bridgehead atoms. The molecule has 0 aliphatic carbocycles. The number of rotatable bonds is 9. The number of fused-ring (bicyclic) bond motifs is 1. The fraction of sp³-hybridized carbons (Fsp3) is 0.240. The Balaban J connectivity index is 0.00000506. The highest BCUT2D eigenvalue weighted by atomic mass is 79.9. The molecule has 0 aliphatic rings. The number of likely N-dealkylation sites (N-methyl/N-ethyl adjacent to an activating group) is 1. The largest absolute Gasteiger partial charge is 1.00 e. The summed E-state index contributed by atoms with van der Waals surface area (Å²) in [5.41, 5.74) is 0.947. The van der Waals surface area contributed by atoms with Crippen molar-refractivity contribution >= 4 is 63.2 Å². The van der Waals surface area contributed by atoms with Gasteiger partial charge in [-0.25, -0.2) is 15.0 Å². The predicted molar refractivity (Wildman–Crippen MR) is 150 cm³/mol. The van der Waals surface area contributed by atoms with Crippen molar-refractivity contribution in [3.8, 4) is 0 Å². The summed E-state index contributed by atoms with van der Waals surface area (Å²) in [4.78, 5) is 38.9. The first-order valence-corrected chi connectivity index (χ1v) is 12.8. The number of nitrogens with one attached hydrogen (secondary N) is 2. The molecule has 0 atom stereocenters. The van der Waals surface area contributed by atoms with Crippen LogP contribution in [0.2, 0.25) is 10.0 Å². The van der Waals surface area contributed by atoms with Crippen LogP contribution >= 0.6 is 23.2 Å². The lowest BCUT2D eigenvalue weighted by Crippen LogP contribution is -3.00. The van der Waals surface area contributed by atoms with Gasteiger partial charge in [-0.3, -0.25) is 9.36 Å². The molecule has 3 aromatic heterocycles. The van der Waals surface area contributed by atoms with Crippen LogP contribution in [0.15, 0.2) is 48.9 Å². The number of amides is 1. The summed E-state index contributed by atoms with van der Waals surface area (Å²) in [6.07, 6.45) is 0.710. The van der Waals surface area contributed by atoms with E-state index in [4.69, 9.17) is 23.2 Å². The number of carbonyl (C=O) groups excluding carboxylic acids is 1. The number of benzene rings is 1. The standard InChI is InChI=1S/C25H22Cl2F3N9O3.BrH/c1-37-19(23(38(41)42)36-24(37)25(28,29)30)12-39(2,3)8-4-5-21(40)35-20-10-15-18(11-31-20)32-13-33-22(15)34-14-6-7-16(26)17(27)9-14;/h4-7,9-11,13H,8,12H2,1-3H3,(H-,31,32,33,34,35,40);1H/b5-4+;. The van der Waals surface area contributed by atoms with Gasteiger partial charge >= 0.3 is 17.8 Å². The normalized spacial score (nSPS) is 11.9. The number of halogens is 6. The lowest BCUT2D eigenvalue weighted by atomic mass is 10.2. The van der Waals surface area contributed by atoms with Crippen molar-refractivity contribution in [1.82, 2.24) is 24.5 Å². The fourth-order valence-corrected chi connectivity index (χ4v) is 4.31. The number of quaternary nitrogens is 1. The van der Waals surface area contributed by atoms with Crippen molar-refractivity contribution in [2.75, 3.05) is 31.3 Å². The predicted octanol–water partition coefficient (Wildman–Crippen LogP) is 2.51. The molecule has 3 heterocycles. The number of alkyl halides is 3. The van der Waals surface area contributed by atoms with Gasteiger partial charge < -0.3 is 42.2 Å². The second-order valence-electron chi connectivity index (χ2n) is 9.75. The van der Waals surface area contributed by atoms with Gasteiger partial charge in [0.15, 0.2) is 5.69 Å². The molecule has 0 saturated carbocycles. The van der Waals surface area contributed by atoms with Crippen LogP contribution in [-0.2, 0) is 24.6 Å². The number of anilines is 3. The van der Waals surface area contributed by atoms with Crippen LogP contribution in [0.1, 0.15) is 11.5 Å². The Hall–Kier alpha value is -3.86. The van der Waals surface area contributed by atoms with Crippen LogP contribution in [0.25, 0.3) is 10.9 Å². The molecule has 4 rings (SSSR count). The van der Waals surface area contributed by atoms with Crippen molar-refractivity contribution in [1.29, 1.82) is 0 Å². The van der Waals surface area contributed by atoms with Gasteiger partial charge in [0.2, 0.25) is 5.91 Å². The number of imidazole rings is 1. The van der Waals surface area contributed by atoms with Crippen molar-refractivity contribution in [2.45, 2.75) is 12.7 Å². The number of carbonyl (C=O) groups is 1. The minimum atomic E-state index is -4.85. The first-order valence-electron chi connectivity index (χ1n) is 12.0. The highest BCUT2D eigenvalue weighted by molar-refractivity contribution is 6.42. The van der Waals surface area contributed by atoms with Gasteiger partial charge in [0.25, 0.3) is 0 Å². The zero-order valence-electron chi connectivity index (χ0n) is 22.7. The Morgan fingerprint density at radius 1 is 1.16 bits per heavy atom. The smallest absolute Gasteiger partial charge is 0.475 e. The van der Waals surface area contributed by atoms with E-state index in [9.17, 15) is 28.1 Å². The van der Waals surface area contributed by atoms with Crippen molar-refractivity contribution in [3.63, 3.8) is 0 Å². The Bertz CT molecular complexity index is 1710. The summed E-state index contributed by atoms with van der Waals surface area (Å²) in [6, 6.07) is 6.57. The van der Waals surface area contributed by atoms with E-state index in [1.807, 2.05) is 0 Å². The van der Waals surface area contributed by atoms with Crippen molar-refractivity contribution < 1.29 is 44.4 Å². The number of pyridine rings is 1. The molecule has 0 spiro atoms. The van der Waals surface area contributed by atoms with Crippen LogP contribution in [0.3, 0.4) is 0 Å². The first-order chi connectivity index (χ1) is 19.6.